The van der Waals surface area contributed by atoms with Crippen LogP contribution in [0.4, 0.5) is 11.4 Å². The number of hydrogen-bond acceptors (Lipinski definition) is 4. The predicted molar refractivity (Wildman–Crippen MR) is 83.6 cm³/mol. The number of hydrogen-bond donors (Lipinski definition) is 3. The molecule has 0 aliphatic carbocycles. The first kappa shape index (κ1) is 15.0. The Kier molecular flexibility index (Phi) is 5.29. The van der Waals surface area contributed by atoms with Gasteiger partial charge in [0.1, 0.15) is 0 Å². The fourth-order valence-electron chi connectivity index (χ4n) is 2.01. The molecule has 5 nitrogen and oxygen atoms in total. The number of benzene rings is 1. The molecule has 0 aliphatic heterocycles. The van der Waals surface area contributed by atoms with Gasteiger partial charge in [0.2, 0.25) is 0 Å². The average Bonchev–Trinajstić information content (AvgIpc) is 2.50. The Morgan fingerprint density at radius 3 is 2.67 bits per heavy atom. The van der Waals surface area contributed by atoms with E-state index >= 15 is 0 Å². The molecular formula is C16H19N3O2. The summed E-state index contributed by atoms with van der Waals surface area (Å²) in [6, 6.07) is 9.13. The molecule has 5 heteroatoms. The topological polar surface area (TPSA) is 74.2 Å². The fraction of sp³-hybridized carbons (Fsp3) is 0.250. The average molecular weight is 285 g/mol. The Labute approximate surface area is 124 Å². The second-order valence-corrected chi connectivity index (χ2v) is 4.58. The van der Waals surface area contributed by atoms with Crippen molar-refractivity contribution >= 4 is 17.3 Å². The zero-order valence-electron chi connectivity index (χ0n) is 12.0. The molecular weight excluding hydrogens is 266 g/mol. The number of carbonyl (C=O) groups excluding carboxylic acids is 1. The van der Waals surface area contributed by atoms with Crippen LogP contribution in [0, 0.1) is 0 Å². The number of anilines is 2. The Balaban J connectivity index is 2.10. The van der Waals surface area contributed by atoms with Crippen molar-refractivity contribution in [2.45, 2.75) is 13.3 Å². The van der Waals surface area contributed by atoms with Gasteiger partial charge in [-0.3, -0.25) is 9.78 Å². The van der Waals surface area contributed by atoms with Crippen molar-refractivity contribution in [2.75, 3.05) is 23.8 Å². The minimum absolute atomic E-state index is 0.120. The lowest BCUT2D eigenvalue weighted by Gasteiger charge is -2.10. The first-order valence-corrected chi connectivity index (χ1v) is 6.93. The quantitative estimate of drug-likeness (QED) is 0.761. The highest BCUT2D eigenvalue weighted by molar-refractivity contribution is 6.07. The van der Waals surface area contributed by atoms with E-state index < -0.39 is 0 Å². The van der Waals surface area contributed by atoms with Gasteiger partial charge in [-0.05, 0) is 37.1 Å². The number of rotatable bonds is 6. The zero-order chi connectivity index (χ0) is 15.1. The van der Waals surface area contributed by atoms with Gasteiger partial charge in [0.15, 0.2) is 0 Å². The summed E-state index contributed by atoms with van der Waals surface area (Å²) in [4.78, 5) is 16.3. The van der Waals surface area contributed by atoms with Crippen LogP contribution in [0.3, 0.4) is 0 Å². The molecule has 1 heterocycles. The molecule has 1 aromatic heterocycles. The van der Waals surface area contributed by atoms with Gasteiger partial charge in [-0.1, -0.05) is 12.1 Å². The smallest absolute Gasteiger partial charge is 0.257 e. The maximum Gasteiger partial charge on any atom is 0.257 e. The molecule has 2 rings (SSSR count). The number of nitrogens with one attached hydrogen (secondary N) is 2. The Hall–Kier alpha value is -2.40. The van der Waals surface area contributed by atoms with E-state index in [0.29, 0.717) is 12.0 Å². The summed E-state index contributed by atoms with van der Waals surface area (Å²) in [5.41, 5.74) is 3.04. The van der Waals surface area contributed by atoms with Crippen molar-refractivity contribution in [2.24, 2.45) is 0 Å². The third-order valence-corrected chi connectivity index (χ3v) is 3.05. The SMILES string of the molecule is CCNc1cnccc1C(=O)Nc1ccc(CCO)cc1. The van der Waals surface area contributed by atoms with E-state index in [0.717, 1.165) is 23.5 Å². The van der Waals surface area contributed by atoms with E-state index in [1.165, 1.54) is 0 Å². The standard InChI is InChI=1S/C16H19N3O2/c1-2-18-15-11-17-9-7-14(15)16(21)19-13-5-3-12(4-6-13)8-10-20/h3-7,9,11,18,20H,2,8,10H2,1H3,(H,19,21). The third kappa shape index (κ3) is 4.03. The number of aliphatic hydroxyl groups excluding tert-OH is 1. The van der Waals surface area contributed by atoms with Gasteiger partial charge in [0, 0.05) is 25.0 Å². The van der Waals surface area contributed by atoms with Crippen LogP contribution in [-0.4, -0.2) is 29.1 Å². The zero-order valence-corrected chi connectivity index (χ0v) is 12.0. The second kappa shape index (κ2) is 7.40. The van der Waals surface area contributed by atoms with E-state index in [1.54, 1.807) is 18.5 Å². The highest BCUT2D eigenvalue weighted by Crippen LogP contribution is 2.16. The molecule has 0 saturated heterocycles. The third-order valence-electron chi connectivity index (χ3n) is 3.05. The molecule has 0 aliphatic rings. The van der Waals surface area contributed by atoms with E-state index in [9.17, 15) is 4.79 Å². The van der Waals surface area contributed by atoms with Crippen LogP contribution in [-0.2, 0) is 6.42 Å². The van der Waals surface area contributed by atoms with Crippen LogP contribution in [0.5, 0.6) is 0 Å². The van der Waals surface area contributed by atoms with Crippen LogP contribution < -0.4 is 10.6 Å². The molecule has 0 atom stereocenters. The van der Waals surface area contributed by atoms with Crippen molar-refractivity contribution in [3.8, 4) is 0 Å². The summed E-state index contributed by atoms with van der Waals surface area (Å²) in [6.07, 6.45) is 3.85. The fourth-order valence-corrected chi connectivity index (χ4v) is 2.01. The highest BCUT2D eigenvalue weighted by atomic mass is 16.2. The number of nitrogens with zero attached hydrogens (tertiary/aromatic N) is 1. The summed E-state index contributed by atoms with van der Waals surface area (Å²) >= 11 is 0. The lowest BCUT2D eigenvalue weighted by molar-refractivity contribution is 0.102. The Bertz CT molecular complexity index is 597. The second-order valence-electron chi connectivity index (χ2n) is 4.58. The van der Waals surface area contributed by atoms with Gasteiger partial charge in [0.05, 0.1) is 17.4 Å². The van der Waals surface area contributed by atoms with E-state index in [-0.39, 0.29) is 12.5 Å². The molecule has 0 spiro atoms. The molecule has 0 bridgehead atoms. The van der Waals surface area contributed by atoms with Crippen molar-refractivity contribution in [1.82, 2.24) is 4.98 Å². The van der Waals surface area contributed by atoms with Crippen LogP contribution in [0.25, 0.3) is 0 Å². The van der Waals surface area contributed by atoms with Crippen LogP contribution in [0.1, 0.15) is 22.8 Å². The van der Waals surface area contributed by atoms with Crippen molar-refractivity contribution in [3.63, 3.8) is 0 Å². The Morgan fingerprint density at radius 2 is 2.00 bits per heavy atom. The van der Waals surface area contributed by atoms with Crippen molar-refractivity contribution in [1.29, 1.82) is 0 Å². The lowest BCUT2D eigenvalue weighted by Crippen LogP contribution is -2.15. The first-order chi connectivity index (χ1) is 10.2. The molecule has 0 radical (unpaired) electrons. The van der Waals surface area contributed by atoms with E-state index in [4.69, 9.17) is 5.11 Å². The minimum atomic E-state index is -0.178. The molecule has 3 N–H and O–H groups in total. The molecule has 1 amide bonds. The van der Waals surface area contributed by atoms with Gasteiger partial charge in [-0.15, -0.1) is 0 Å². The molecule has 21 heavy (non-hydrogen) atoms. The number of carbonyl (C=O) groups is 1. The lowest BCUT2D eigenvalue weighted by atomic mass is 10.1. The van der Waals surface area contributed by atoms with Crippen molar-refractivity contribution in [3.05, 3.63) is 53.9 Å². The van der Waals surface area contributed by atoms with Crippen LogP contribution >= 0.6 is 0 Å². The maximum atomic E-state index is 12.3. The molecule has 1 aromatic carbocycles. The van der Waals surface area contributed by atoms with Gasteiger partial charge >= 0.3 is 0 Å². The van der Waals surface area contributed by atoms with Crippen LogP contribution in [0.15, 0.2) is 42.7 Å². The molecule has 0 fully saturated rings. The highest BCUT2D eigenvalue weighted by Gasteiger charge is 2.11. The van der Waals surface area contributed by atoms with E-state index in [2.05, 4.69) is 15.6 Å². The Morgan fingerprint density at radius 1 is 1.24 bits per heavy atom. The minimum Gasteiger partial charge on any atom is -0.396 e. The summed E-state index contributed by atoms with van der Waals surface area (Å²) < 4.78 is 0. The normalized spacial score (nSPS) is 10.2. The molecule has 110 valence electrons. The number of aromatic nitrogens is 1. The van der Waals surface area contributed by atoms with Gasteiger partial charge < -0.3 is 15.7 Å². The maximum absolute atomic E-state index is 12.3. The summed E-state index contributed by atoms with van der Waals surface area (Å²) in [6.45, 7) is 2.81. The molecule has 0 unspecified atom stereocenters. The largest absolute Gasteiger partial charge is 0.396 e. The predicted octanol–water partition coefficient (Wildman–Crippen LogP) is 2.30. The first-order valence-electron chi connectivity index (χ1n) is 6.93. The molecule has 2 aromatic rings. The summed E-state index contributed by atoms with van der Waals surface area (Å²) in [5, 5.41) is 14.9. The summed E-state index contributed by atoms with van der Waals surface area (Å²) in [5.74, 6) is -0.178. The van der Waals surface area contributed by atoms with Gasteiger partial charge in [-0.2, -0.15) is 0 Å². The summed E-state index contributed by atoms with van der Waals surface area (Å²) in [7, 11) is 0. The molecule has 0 saturated carbocycles. The van der Waals surface area contributed by atoms with Gasteiger partial charge in [-0.25, -0.2) is 0 Å². The number of aliphatic hydroxyl groups is 1. The van der Waals surface area contributed by atoms with Crippen molar-refractivity contribution < 1.29 is 9.90 Å². The van der Waals surface area contributed by atoms with Crippen LogP contribution in [0.2, 0.25) is 0 Å². The number of amides is 1. The van der Waals surface area contributed by atoms with E-state index in [1.807, 2.05) is 31.2 Å². The number of pyridine rings is 1. The monoisotopic (exact) mass is 285 g/mol. The van der Waals surface area contributed by atoms with Gasteiger partial charge in [0.25, 0.3) is 5.91 Å².